The maximum atomic E-state index is 11.9. The zero-order valence-electron chi connectivity index (χ0n) is 11.5. The van der Waals surface area contributed by atoms with Crippen molar-refractivity contribution in [3.8, 4) is 11.6 Å². The van der Waals surface area contributed by atoms with E-state index in [4.69, 9.17) is 0 Å². The molecule has 0 spiro atoms. The van der Waals surface area contributed by atoms with Crippen LogP contribution in [0.3, 0.4) is 0 Å². The summed E-state index contributed by atoms with van der Waals surface area (Å²) >= 11 is 3.48. The van der Waals surface area contributed by atoms with Gasteiger partial charge in [0.15, 0.2) is 0 Å². The molecule has 4 heteroatoms. The van der Waals surface area contributed by atoms with Crippen LogP contribution in [0.25, 0.3) is 0 Å². The Balaban J connectivity index is 2.99. The molecule has 0 bridgehead atoms. The van der Waals surface area contributed by atoms with Gasteiger partial charge in [0.05, 0.1) is 6.54 Å². The molecular formula is C15H18BrNOSi. The molecule has 0 radical (unpaired) electrons. The molecule has 0 aliphatic carbocycles. The Bertz CT molecular complexity index is 537. The monoisotopic (exact) mass is 335 g/mol. The summed E-state index contributed by atoms with van der Waals surface area (Å²) in [6, 6.07) is 10.8. The number of amides is 1. The molecule has 0 heterocycles. The van der Waals surface area contributed by atoms with E-state index < -0.39 is 8.07 Å². The van der Waals surface area contributed by atoms with Crippen LogP contribution in [0.2, 0.25) is 19.6 Å². The van der Waals surface area contributed by atoms with Crippen molar-refractivity contribution in [3.05, 3.63) is 47.0 Å². The van der Waals surface area contributed by atoms with Gasteiger partial charge in [-0.1, -0.05) is 60.3 Å². The van der Waals surface area contributed by atoms with Crippen LogP contribution in [0.5, 0.6) is 0 Å². The summed E-state index contributed by atoms with van der Waals surface area (Å²) in [5.74, 6) is -0.165. The van der Waals surface area contributed by atoms with Crippen molar-refractivity contribution in [2.45, 2.75) is 26.2 Å². The van der Waals surface area contributed by atoms with Gasteiger partial charge >= 0.3 is 0 Å². The molecule has 1 rings (SSSR count). The fraction of sp³-hybridized carbons (Fsp3) is 0.267. The van der Waals surface area contributed by atoms with Crippen molar-refractivity contribution >= 4 is 29.9 Å². The minimum absolute atomic E-state index is 0.165. The molecule has 2 nitrogen and oxygen atoms in total. The van der Waals surface area contributed by atoms with E-state index in [2.05, 4.69) is 53.7 Å². The average Bonchev–Trinajstić information content (AvgIpc) is 2.34. The van der Waals surface area contributed by atoms with E-state index in [0.717, 1.165) is 10.0 Å². The summed E-state index contributed by atoms with van der Waals surface area (Å²) in [5.41, 5.74) is 4.24. The molecule has 0 aliphatic heterocycles. The molecule has 19 heavy (non-hydrogen) atoms. The topological polar surface area (TPSA) is 20.3 Å². The molecule has 0 atom stereocenters. The van der Waals surface area contributed by atoms with Crippen molar-refractivity contribution in [1.82, 2.24) is 4.90 Å². The Labute approximate surface area is 124 Å². The van der Waals surface area contributed by atoms with E-state index in [1.807, 2.05) is 24.3 Å². The smallest absolute Gasteiger partial charge is 0.257 e. The molecule has 0 saturated carbocycles. The number of carbonyl (C=O) groups excluding carboxylic acids is 1. The zero-order valence-corrected chi connectivity index (χ0v) is 14.1. The minimum Gasteiger partial charge on any atom is -0.269 e. The van der Waals surface area contributed by atoms with Gasteiger partial charge in [0.1, 0.15) is 8.07 Å². The third kappa shape index (κ3) is 5.46. The second-order valence-corrected chi connectivity index (χ2v) is 10.8. The largest absolute Gasteiger partial charge is 0.269 e. The van der Waals surface area contributed by atoms with Crippen LogP contribution < -0.4 is 0 Å². The van der Waals surface area contributed by atoms with Crippen LogP contribution in [0.15, 0.2) is 41.4 Å². The summed E-state index contributed by atoms with van der Waals surface area (Å²) < 4.78 is 0.978. The Morgan fingerprint density at radius 1 is 1.42 bits per heavy atom. The number of halogens is 1. The Hall–Kier alpha value is -1.31. The zero-order chi connectivity index (χ0) is 14.5. The van der Waals surface area contributed by atoms with E-state index in [0.29, 0.717) is 6.54 Å². The Morgan fingerprint density at radius 2 is 2.05 bits per heavy atom. The van der Waals surface area contributed by atoms with Crippen LogP contribution >= 0.6 is 15.9 Å². The van der Waals surface area contributed by atoms with E-state index in [1.165, 1.54) is 11.0 Å². The van der Waals surface area contributed by atoms with Gasteiger partial charge in [-0.15, -0.1) is 5.54 Å². The molecule has 1 amide bonds. The first-order valence-corrected chi connectivity index (χ1v) is 10.3. The summed E-state index contributed by atoms with van der Waals surface area (Å²) in [6.07, 6.45) is 1.30. The molecule has 0 aliphatic rings. The normalized spacial score (nSPS) is 10.3. The van der Waals surface area contributed by atoms with Gasteiger partial charge in [0.2, 0.25) is 0 Å². The standard InChI is InChI=1S/C15H18BrNOSi/c1-5-15(18)17(10-11-19(2,3)4)12-13-8-6-7-9-14(13)16/h5-9H,1,12H2,2-4H3. The number of hydrogen-bond donors (Lipinski definition) is 0. The van der Waals surface area contributed by atoms with E-state index in [9.17, 15) is 4.79 Å². The van der Waals surface area contributed by atoms with E-state index in [-0.39, 0.29) is 5.91 Å². The van der Waals surface area contributed by atoms with Crippen molar-refractivity contribution in [3.63, 3.8) is 0 Å². The SMILES string of the molecule is C=CC(=O)N(C#C[Si](C)(C)C)Cc1ccccc1Br. The fourth-order valence-corrected chi connectivity index (χ4v) is 2.20. The van der Waals surface area contributed by atoms with Gasteiger partial charge in [-0.25, -0.2) is 0 Å². The lowest BCUT2D eigenvalue weighted by molar-refractivity contribution is -0.123. The van der Waals surface area contributed by atoms with Crippen molar-refractivity contribution in [1.29, 1.82) is 0 Å². The van der Waals surface area contributed by atoms with Crippen LogP contribution in [0.1, 0.15) is 5.56 Å². The maximum absolute atomic E-state index is 11.9. The van der Waals surface area contributed by atoms with E-state index >= 15 is 0 Å². The third-order valence-electron chi connectivity index (χ3n) is 2.29. The first-order chi connectivity index (χ1) is 8.83. The van der Waals surface area contributed by atoms with Gasteiger partial charge in [0.25, 0.3) is 5.91 Å². The summed E-state index contributed by atoms with van der Waals surface area (Å²) in [7, 11) is -1.51. The highest BCUT2D eigenvalue weighted by molar-refractivity contribution is 9.10. The second kappa shape index (κ2) is 6.74. The Morgan fingerprint density at radius 3 is 2.58 bits per heavy atom. The lowest BCUT2D eigenvalue weighted by Crippen LogP contribution is -2.26. The third-order valence-corrected chi connectivity index (χ3v) is 3.93. The molecular weight excluding hydrogens is 318 g/mol. The van der Waals surface area contributed by atoms with Crippen LogP contribution in [-0.4, -0.2) is 18.9 Å². The molecule has 0 unspecified atom stereocenters. The lowest BCUT2D eigenvalue weighted by Gasteiger charge is -2.16. The molecule has 100 valence electrons. The number of carbonyl (C=O) groups is 1. The highest BCUT2D eigenvalue weighted by Crippen LogP contribution is 2.17. The minimum atomic E-state index is -1.51. The maximum Gasteiger partial charge on any atom is 0.257 e. The molecule has 0 N–H and O–H groups in total. The van der Waals surface area contributed by atoms with E-state index in [1.54, 1.807) is 0 Å². The number of nitrogens with zero attached hydrogens (tertiary/aromatic N) is 1. The molecule has 1 aromatic rings. The van der Waals surface area contributed by atoms with Crippen LogP contribution in [0, 0.1) is 11.6 Å². The van der Waals surface area contributed by atoms with Gasteiger partial charge < -0.3 is 0 Å². The number of benzene rings is 1. The summed E-state index contributed by atoms with van der Waals surface area (Å²) in [4.78, 5) is 13.4. The highest BCUT2D eigenvalue weighted by Gasteiger charge is 2.13. The highest BCUT2D eigenvalue weighted by atomic mass is 79.9. The second-order valence-electron chi connectivity index (χ2n) is 5.21. The predicted molar refractivity (Wildman–Crippen MR) is 86.0 cm³/mol. The van der Waals surface area contributed by atoms with Gasteiger partial charge in [0, 0.05) is 10.5 Å². The quantitative estimate of drug-likeness (QED) is 0.356. The van der Waals surface area contributed by atoms with Gasteiger partial charge in [-0.05, 0) is 17.7 Å². The van der Waals surface area contributed by atoms with Crippen molar-refractivity contribution in [2.24, 2.45) is 0 Å². The number of rotatable bonds is 3. The van der Waals surface area contributed by atoms with Crippen LogP contribution in [0.4, 0.5) is 0 Å². The predicted octanol–water partition coefficient (Wildman–Crippen LogP) is 3.80. The molecule has 0 aromatic heterocycles. The molecule has 0 saturated heterocycles. The summed E-state index contributed by atoms with van der Waals surface area (Å²) in [6.45, 7) is 10.4. The van der Waals surface area contributed by atoms with Gasteiger partial charge in [-0.3, -0.25) is 9.69 Å². The number of hydrogen-bond acceptors (Lipinski definition) is 1. The molecule has 1 aromatic carbocycles. The first kappa shape index (κ1) is 15.7. The first-order valence-electron chi connectivity index (χ1n) is 6.03. The fourth-order valence-electron chi connectivity index (χ4n) is 1.31. The van der Waals surface area contributed by atoms with Crippen molar-refractivity contribution in [2.75, 3.05) is 0 Å². The molecule has 0 fully saturated rings. The van der Waals surface area contributed by atoms with Crippen molar-refractivity contribution < 1.29 is 4.79 Å². The van der Waals surface area contributed by atoms with Gasteiger partial charge in [-0.2, -0.15) is 0 Å². The summed E-state index contributed by atoms with van der Waals surface area (Å²) in [5, 5.41) is 0. The van der Waals surface area contributed by atoms with Crippen LogP contribution in [-0.2, 0) is 11.3 Å². The average molecular weight is 336 g/mol. The Kier molecular flexibility index (Phi) is 5.58. The lowest BCUT2D eigenvalue weighted by atomic mass is 10.2.